The normalized spacial score (nSPS) is 16.3. The lowest BCUT2D eigenvalue weighted by molar-refractivity contribution is -0.141. The van der Waals surface area contributed by atoms with E-state index in [-0.39, 0.29) is 18.3 Å². The Balaban J connectivity index is 1.19. The standard InChI is InChI=1S/C30H34F3N5O3/c1-20-7-6-8-21(2)23(20)18-26(40)37-15-13-36(14-16-37)25-10-9-22(19-34-25)17-24(39)27-28(30(31,32)33)35-29(41-27)38-11-4-3-5-12-38/h6-10,19H,3-5,11-18H2,1-2H3. The molecule has 218 valence electrons. The van der Waals surface area contributed by atoms with Crippen LogP contribution in [0.2, 0.25) is 0 Å². The molecule has 4 heterocycles. The minimum absolute atomic E-state index is 0.0953. The molecule has 8 nitrogen and oxygen atoms in total. The molecule has 2 aliphatic rings. The molecule has 0 N–H and O–H groups in total. The van der Waals surface area contributed by atoms with Gasteiger partial charge in [0, 0.05) is 51.9 Å². The van der Waals surface area contributed by atoms with E-state index in [1.165, 1.54) is 6.20 Å². The fourth-order valence-corrected chi connectivity index (χ4v) is 5.46. The molecule has 1 amide bonds. The van der Waals surface area contributed by atoms with Gasteiger partial charge in [-0.15, -0.1) is 0 Å². The second-order valence-corrected chi connectivity index (χ2v) is 10.8. The number of hydrogen-bond acceptors (Lipinski definition) is 7. The van der Waals surface area contributed by atoms with Crippen LogP contribution in [0.4, 0.5) is 25.0 Å². The Bertz CT molecular complexity index is 1370. The molecule has 11 heteroatoms. The maximum absolute atomic E-state index is 13.7. The number of alkyl halides is 3. The molecule has 2 aliphatic heterocycles. The second kappa shape index (κ2) is 11.9. The summed E-state index contributed by atoms with van der Waals surface area (Å²) < 4.78 is 46.4. The number of carbonyl (C=O) groups excluding carboxylic acids is 2. The zero-order chi connectivity index (χ0) is 29.1. The van der Waals surface area contributed by atoms with Gasteiger partial charge < -0.3 is 19.1 Å². The van der Waals surface area contributed by atoms with E-state index in [2.05, 4.69) is 14.9 Å². The van der Waals surface area contributed by atoms with Crippen molar-refractivity contribution in [2.45, 2.75) is 52.1 Å². The number of carbonyl (C=O) groups is 2. The lowest BCUT2D eigenvalue weighted by Gasteiger charge is -2.35. The molecule has 0 saturated carbocycles. The van der Waals surface area contributed by atoms with Crippen LogP contribution < -0.4 is 9.80 Å². The van der Waals surface area contributed by atoms with Crippen molar-refractivity contribution in [1.29, 1.82) is 0 Å². The van der Waals surface area contributed by atoms with Crippen molar-refractivity contribution < 1.29 is 27.2 Å². The molecule has 0 unspecified atom stereocenters. The molecule has 0 spiro atoms. The van der Waals surface area contributed by atoms with Gasteiger partial charge in [0.15, 0.2) is 5.69 Å². The van der Waals surface area contributed by atoms with Crippen LogP contribution in [0, 0.1) is 13.8 Å². The molecule has 0 atom stereocenters. The van der Waals surface area contributed by atoms with Gasteiger partial charge in [-0.2, -0.15) is 18.2 Å². The number of anilines is 2. The number of piperazine rings is 1. The zero-order valence-corrected chi connectivity index (χ0v) is 23.3. The zero-order valence-electron chi connectivity index (χ0n) is 23.3. The average molecular weight is 570 g/mol. The van der Waals surface area contributed by atoms with Crippen molar-refractivity contribution in [2.24, 2.45) is 0 Å². The van der Waals surface area contributed by atoms with Crippen molar-refractivity contribution in [2.75, 3.05) is 49.1 Å². The molecule has 5 rings (SSSR count). The van der Waals surface area contributed by atoms with Gasteiger partial charge in [0.1, 0.15) is 5.82 Å². The summed E-state index contributed by atoms with van der Waals surface area (Å²) in [4.78, 5) is 39.5. The lowest BCUT2D eigenvalue weighted by atomic mass is 9.99. The number of oxazole rings is 1. The molecule has 2 saturated heterocycles. The Morgan fingerprint density at radius 2 is 1.56 bits per heavy atom. The van der Waals surface area contributed by atoms with Crippen LogP contribution >= 0.6 is 0 Å². The second-order valence-electron chi connectivity index (χ2n) is 10.8. The molecule has 41 heavy (non-hydrogen) atoms. The van der Waals surface area contributed by atoms with E-state index in [4.69, 9.17) is 4.42 Å². The number of aryl methyl sites for hydroxylation is 2. The van der Waals surface area contributed by atoms with E-state index < -0.39 is 23.4 Å². The number of pyridine rings is 1. The first-order valence-electron chi connectivity index (χ1n) is 14.0. The Morgan fingerprint density at radius 3 is 2.17 bits per heavy atom. The van der Waals surface area contributed by atoms with Crippen LogP contribution in [-0.2, 0) is 23.8 Å². The minimum Gasteiger partial charge on any atom is -0.420 e. The molecule has 0 aliphatic carbocycles. The number of halogens is 3. The molecule has 2 fully saturated rings. The summed E-state index contributed by atoms with van der Waals surface area (Å²) in [6, 6.07) is 9.31. The van der Waals surface area contributed by atoms with Gasteiger partial charge >= 0.3 is 6.18 Å². The van der Waals surface area contributed by atoms with Crippen LogP contribution in [0.5, 0.6) is 0 Å². The maximum Gasteiger partial charge on any atom is 0.437 e. The monoisotopic (exact) mass is 569 g/mol. The number of piperidine rings is 1. The van der Waals surface area contributed by atoms with E-state index in [0.29, 0.717) is 57.1 Å². The Labute approximate surface area is 237 Å². The molecule has 0 radical (unpaired) electrons. The number of rotatable bonds is 7. The number of hydrogen-bond donors (Lipinski definition) is 0. The van der Waals surface area contributed by atoms with Gasteiger partial charge in [-0.1, -0.05) is 24.3 Å². The Hall–Kier alpha value is -3.89. The maximum atomic E-state index is 13.7. The first-order valence-corrected chi connectivity index (χ1v) is 14.0. The van der Waals surface area contributed by atoms with Crippen LogP contribution in [-0.4, -0.2) is 65.8 Å². The van der Waals surface area contributed by atoms with Crippen LogP contribution in [0.1, 0.15) is 57.8 Å². The van der Waals surface area contributed by atoms with Crippen molar-refractivity contribution in [3.8, 4) is 0 Å². The number of ketones is 1. The first-order chi connectivity index (χ1) is 19.6. The van der Waals surface area contributed by atoms with E-state index in [9.17, 15) is 22.8 Å². The van der Waals surface area contributed by atoms with Crippen molar-refractivity contribution >= 4 is 23.5 Å². The van der Waals surface area contributed by atoms with Crippen LogP contribution in [0.3, 0.4) is 0 Å². The molecular weight excluding hydrogens is 535 g/mol. The van der Waals surface area contributed by atoms with E-state index in [1.807, 2.05) is 36.9 Å². The number of nitrogens with zero attached hydrogens (tertiary/aromatic N) is 5. The third-order valence-electron chi connectivity index (χ3n) is 7.87. The number of Topliss-reactive ketones (excluding diaryl/α,β-unsaturated/α-hetero) is 1. The number of aromatic nitrogens is 2. The summed E-state index contributed by atoms with van der Waals surface area (Å²) in [6.07, 6.45) is -0.535. The van der Waals surface area contributed by atoms with Gasteiger partial charge in [-0.05, 0) is 61.4 Å². The van der Waals surface area contributed by atoms with Gasteiger partial charge in [0.2, 0.25) is 17.5 Å². The predicted molar refractivity (Wildman–Crippen MR) is 148 cm³/mol. The van der Waals surface area contributed by atoms with E-state index in [1.54, 1.807) is 17.0 Å². The molecule has 1 aromatic carbocycles. The van der Waals surface area contributed by atoms with E-state index in [0.717, 1.165) is 36.0 Å². The molecule has 2 aromatic heterocycles. The third kappa shape index (κ3) is 6.55. The highest BCUT2D eigenvalue weighted by Gasteiger charge is 2.41. The van der Waals surface area contributed by atoms with Gasteiger partial charge in [0.05, 0.1) is 6.42 Å². The van der Waals surface area contributed by atoms with E-state index >= 15 is 0 Å². The van der Waals surface area contributed by atoms with Crippen molar-refractivity contribution in [3.63, 3.8) is 0 Å². The summed E-state index contributed by atoms with van der Waals surface area (Å²) in [7, 11) is 0. The summed E-state index contributed by atoms with van der Waals surface area (Å²) in [5.74, 6) is -0.772. The van der Waals surface area contributed by atoms with Crippen LogP contribution in [0.15, 0.2) is 40.9 Å². The van der Waals surface area contributed by atoms with Crippen molar-refractivity contribution in [1.82, 2.24) is 14.9 Å². The highest BCUT2D eigenvalue weighted by atomic mass is 19.4. The first kappa shape index (κ1) is 28.6. The molecule has 0 bridgehead atoms. The quantitative estimate of drug-likeness (QED) is 0.370. The fraction of sp³-hybridized carbons (Fsp3) is 0.467. The average Bonchev–Trinajstić information content (AvgIpc) is 3.43. The summed E-state index contributed by atoms with van der Waals surface area (Å²) in [6.45, 7) is 7.48. The summed E-state index contributed by atoms with van der Waals surface area (Å²) >= 11 is 0. The SMILES string of the molecule is Cc1cccc(C)c1CC(=O)N1CCN(c2ccc(CC(=O)c3oc(N4CCCCC4)nc3C(F)(F)F)cn2)CC1. The fourth-order valence-electron chi connectivity index (χ4n) is 5.46. The summed E-state index contributed by atoms with van der Waals surface area (Å²) in [5.41, 5.74) is 2.49. The Kier molecular flexibility index (Phi) is 8.32. The highest BCUT2D eigenvalue weighted by Crippen LogP contribution is 2.35. The molecular formula is C30H34F3N5O3. The van der Waals surface area contributed by atoms with Crippen LogP contribution in [0.25, 0.3) is 0 Å². The summed E-state index contributed by atoms with van der Waals surface area (Å²) in [5, 5.41) is 0. The van der Waals surface area contributed by atoms with Gasteiger partial charge in [-0.25, -0.2) is 4.98 Å². The highest BCUT2D eigenvalue weighted by molar-refractivity contribution is 5.96. The smallest absolute Gasteiger partial charge is 0.420 e. The minimum atomic E-state index is -4.80. The lowest BCUT2D eigenvalue weighted by Crippen LogP contribution is -2.49. The topological polar surface area (TPSA) is 82.8 Å². The Morgan fingerprint density at radius 1 is 0.878 bits per heavy atom. The molecule has 3 aromatic rings. The predicted octanol–water partition coefficient (Wildman–Crippen LogP) is 5.01. The third-order valence-corrected chi connectivity index (χ3v) is 7.87. The van der Waals surface area contributed by atoms with Gasteiger partial charge in [-0.3, -0.25) is 9.59 Å². The largest absolute Gasteiger partial charge is 0.437 e. The number of benzene rings is 1. The van der Waals surface area contributed by atoms with Gasteiger partial charge in [0.25, 0.3) is 6.01 Å². The van der Waals surface area contributed by atoms with Crippen molar-refractivity contribution in [3.05, 3.63) is 70.2 Å². The number of amides is 1.